The molecule has 1 aromatic rings. The maximum Gasteiger partial charge on any atom is 0.305 e. The van der Waals surface area contributed by atoms with Crippen LogP contribution in [0.15, 0.2) is 18.2 Å². The first-order chi connectivity index (χ1) is 14.7. The highest BCUT2D eigenvalue weighted by Gasteiger charge is 2.35. The summed E-state index contributed by atoms with van der Waals surface area (Å²) in [6.07, 6.45) is 2.03. The van der Waals surface area contributed by atoms with Gasteiger partial charge in [0.15, 0.2) is 0 Å². The maximum atomic E-state index is 13.1. The van der Waals surface area contributed by atoms with Gasteiger partial charge in [-0.2, -0.15) is 0 Å². The quantitative estimate of drug-likeness (QED) is 0.624. The smallest absolute Gasteiger partial charge is 0.305 e. The van der Waals surface area contributed by atoms with E-state index in [1.165, 1.54) is 0 Å². The molecule has 10 heteroatoms. The van der Waals surface area contributed by atoms with Crippen molar-refractivity contribution < 1.29 is 19.5 Å². The number of aliphatic carboxylic acids is 1. The summed E-state index contributed by atoms with van der Waals surface area (Å²) in [6, 6.07) is 3.90. The lowest BCUT2D eigenvalue weighted by molar-refractivity contribution is -0.146. The first-order valence-electron chi connectivity index (χ1n) is 10.5. The van der Waals surface area contributed by atoms with E-state index < -0.39 is 18.4 Å². The summed E-state index contributed by atoms with van der Waals surface area (Å²) in [5.41, 5.74) is 6.57. The molecule has 3 N–H and O–H groups in total. The lowest BCUT2D eigenvalue weighted by atomic mass is 10.1. The Labute approximate surface area is 191 Å². The zero-order valence-corrected chi connectivity index (χ0v) is 18.8. The molecule has 0 saturated carbocycles. The Hall–Kier alpha value is -1.87. The molecular formula is C21H28Cl2N4O4. The van der Waals surface area contributed by atoms with Gasteiger partial charge in [-0.3, -0.25) is 14.4 Å². The molecule has 1 aromatic carbocycles. The Morgan fingerprint density at radius 2 is 1.81 bits per heavy atom. The van der Waals surface area contributed by atoms with Crippen LogP contribution in [0.2, 0.25) is 10.0 Å². The van der Waals surface area contributed by atoms with Gasteiger partial charge in [0.25, 0.3) is 0 Å². The predicted octanol–water partition coefficient (Wildman–Crippen LogP) is 1.47. The molecule has 2 fully saturated rings. The number of amides is 2. The number of nitrogens with zero attached hydrogens (tertiary/aromatic N) is 3. The Kier molecular flexibility index (Phi) is 8.16. The van der Waals surface area contributed by atoms with E-state index in [4.69, 9.17) is 34.0 Å². The Morgan fingerprint density at radius 1 is 1.10 bits per heavy atom. The number of hydrogen-bond acceptors (Lipinski definition) is 5. The minimum atomic E-state index is -1.11. The standard InChI is InChI=1S/C21H28Cl2N4O4/c22-16-4-3-14(9-17(16)23)10-19(28)27-8-7-26(21(31)18(24)11-20(29)30)13-15(27)12-25-5-1-2-6-25/h3-4,9,15,18H,1-2,5-8,10-13,24H2,(H,29,30)/t15-,18+/m1/s1. The topological polar surface area (TPSA) is 107 Å². The number of carbonyl (C=O) groups is 3. The fourth-order valence-corrected chi connectivity index (χ4v) is 4.56. The number of rotatable bonds is 7. The second-order valence-corrected chi connectivity index (χ2v) is 8.98. The molecule has 2 aliphatic rings. The van der Waals surface area contributed by atoms with E-state index in [1.54, 1.807) is 23.1 Å². The summed E-state index contributed by atoms with van der Waals surface area (Å²) in [5.74, 6) is -1.53. The number of carboxylic acids is 1. The van der Waals surface area contributed by atoms with Gasteiger partial charge < -0.3 is 25.5 Å². The summed E-state index contributed by atoms with van der Waals surface area (Å²) < 4.78 is 0. The van der Waals surface area contributed by atoms with Crippen LogP contribution in [0.25, 0.3) is 0 Å². The van der Waals surface area contributed by atoms with Gasteiger partial charge in [0.05, 0.1) is 35.0 Å². The van der Waals surface area contributed by atoms with Gasteiger partial charge in [-0.05, 0) is 43.6 Å². The van der Waals surface area contributed by atoms with Gasteiger partial charge in [-0.1, -0.05) is 29.3 Å². The SMILES string of the molecule is N[C@@H](CC(=O)O)C(=O)N1CCN(C(=O)Cc2ccc(Cl)c(Cl)c2)[C@H](CN2CCCC2)C1. The van der Waals surface area contributed by atoms with Gasteiger partial charge in [0.2, 0.25) is 11.8 Å². The zero-order valence-electron chi connectivity index (χ0n) is 17.3. The molecule has 2 heterocycles. The Bertz CT molecular complexity index is 832. The highest BCUT2D eigenvalue weighted by Crippen LogP contribution is 2.24. The van der Waals surface area contributed by atoms with Crippen molar-refractivity contribution in [1.82, 2.24) is 14.7 Å². The molecule has 2 saturated heterocycles. The second kappa shape index (κ2) is 10.6. The van der Waals surface area contributed by atoms with Crippen LogP contribution in [0.1, 0.15) is 24.8 Å². The molecule has 0 aliphatic carbocycles. The predicted molar refractivity (Wildman–Crippen MR) is 118 cm³/mol. The van der Waals surface area contributed by atoms with Crippen LogP contribution in [0.4, 0.5) is 0 Å². The van der Waals surface area contributed by atoms with E-state index >= 15 is 0 Å². The van der Waals surface area contributed by atoms with Crippen LogP contribution < -0.4 is 5.73 Å². The third-order valence-corrected chi connectivity index (χ3v) is 6.57. The van der Waals surface area contributed by atoms with Crippen molar-refractivity contribution in [2.75, 3.05) is 39.3 Å². The van der Waals surface area contributed by atoms with Gasteiger partial charge in [-0.25, -0.2) is 0 Å². The summed E-state index contributed by atoms with van der Waals surface area (Å²) in [5, 5.41) is 9.78. The average Bonchev–Trinajstić information content (AvgIpc) is 3.22. The van der Waals surface area contributed by atoms with Crippen LogP contribution in [-0.4, -0.2) is 88.9 Å². The van der Waals surface area contributed by atoms with Gasteiger partial charge >= 0.3 is 5.97 Å². The second-order valence-electron chi connectivity index (χ2n) is 8.16. The van der Waals surface area contributed by atoms with E-state index in [0.717, 1.165) is 31.5 Å². The Balaban J connectivity index is 1.70. The number of likely N-dealkylation sites (tertiary alicyclic amines) is 1. The largest absolute Gasteiger partial charge is 0.481 e. The molecular weight excluding hydrogens is 443 g/mol. The molecule has 0 radical (unpaired) electrons. The third-order valence-electron chi connectivity index (χ3n) is 5.83. The van der Waals surface area contributed by atoms with Crippen molar-refractivity contribution >= 4 is 41.0 Å². The highest BCUT2D eigenvalue weighted by molar-refractivity contribution is 6.42. The van der Waals surface area contributed by atoms with Gasteiger partial charge in [0, 0.05) is 26.2 Å². The zero-order chi connectivity index (χ0) is 22.5. The lowest BCUT2D eigenvalue weighted by Gasteiger charge is -2.43. The molecule has 2 amide bonds. The van der Waals surface area contributed by atoms with Crippen molar-refractivity contribution in [3.63, 3.8) is 0 Å². The van der Waals surface area contributed by atoms with E-state index in [9.17, 15) is 14.4 Å². The number of piperazine rings is 1. The maximum absolute atomic E-state index is 13.1. The molecule has 0 bridgehead atoms. The summed E-state index contributed by atoms with van der Waals surface area (Å²) in [4.78, 5) is 42.4. The lowest BCUT2D eigenvalue weighted by Crippen LogP contribution is -2.61. The molecule has 2 atom stereocenters. The fourth-order valence-electron chi connectivity index (χ4n) is 4.24. The van der Waals surface area contributed by atoms with Crippen LogP contribution >= 0.6 is 23.2 Å². The van der Waals surface area contributed by atoms with Crippen molar-refractivity contribution in [2.24, 2.45) is 5.73 Å². The molecule has 170 valence electrons. The molecule has 0 aromatic heterocycles. The van der Waals surface area contributed by atoms with E-state index in [1.807, 2.05) is 4.90 Å². The van der Waals surface area contributed by atoms with Crippen molar-refractivity contribution in [1.29, 1.82) is 0 Å². The third kappa shape index (κ3) is 6.32. The fraction of sp³-hybridized carbons (Fsp3) is 0.571. The first-order valence-corrected chi connectivity index (χ1v) is 11.2. The minimum absolute atomic E-state index is 0.0375. The van der Waals surface area contributed by atoms with Gasteiger partial charge in [0.1, 0.15) is 0 Å². The molecule has 0 unspecified atom stereocenters. The number of carboxylic acid groups (broad SMARTS) is 1. The average molecular weight is 471 g/mol. The number of halogens is 2. The summed E-state index contributed by atoms with van der Waals surface area (Å²) in [6.45, 7) is 3.66. The van der Waals surface area contributed by atoms with Crippen LogP contribution in [0.3, 0.4) is 0 Å². The van der Waals surface area contributed by atoms with Crippen LogP contribution in [0.5, 0.6) is 0 Å². The van der Waals surface area contributed by atoms with Crippen LogP contribution in [-0.2, 0) is 20.8 Å². The number of benzene rings is 1. The summed E-state index contributed by atoms with van der Waals surface area (Å²) >= 11 is 12.1. The minimum Gasteiger partial charge on any atom is -0.481 e. The Morgan fingerprint density at radius 3 is 2.45 bits per heavy atom. The van der Waals surface area contributed by atoms with Crippen molar-refractivity contribution in [3.05, 3.63) is 33.8 Å². The molecule has 3 rings (SSSR count). The molecule has 2 aliphatic heterocycles. The highest BCUT2D eigenvalue weighted by atomic mass is 35.5. The number of hydrogen-bond donors (Lipinski definition) is 2. The van der Waals surface area contributed by atoms with Crippen molar-refractivity contribution in [2.45, 2.75) is 37.8 Å². The summed E-state index contributed by atoms with van der Waals surface area (Å²) in [7, 11) is 0. The first kappa shape index (κ1) is 23.8. The number of carbonyl (C=O) groups excluding carboxylic acids is 2. The molecule has 8 nitrogen and oxygen atoms in total. The number of nitrogens with two attached hydrogens (primary N) is 1. The van der Waals surface area contributed by atoms with E-state index in [-0.39, 0.29) is 24.3 Å². The van der Waals surface area contributed by atoms with E-state index in [0.29, 0.717) is 36.2 Å². The monoisotopic (exact) mass is 470 g/mol. The molecule has 0 spiro atoms. The van der Waals surface area contributed by atoms with Crippen LogP contribution in [0, 0.1) is 0 Å². The van der Waals surface area contributed by atoms with Crippen molar-refractivity contribution in [3.8, 4) is 0 Å². The van der Waals surface area contributed by atoms with E-state index in [2.05, 4.69) is 4.90 Å². The molecule has 31 heavy (non-hydrogen) atoms. The normalized spacial score (nSPS) is 20.7. The van der Waals surface area contributed by atoms with Gasteiger partial charge in [-0.15, -0.1) is 0 Å².